The van der Waals surface area contributed by atoms with Gasteiger partial charge in [-0.2, -0.15) is 0 Å². The van der Waals surface area contributed by atoms with Crippen molar-refractivity contribution in [2.24, 2.45) is 10.9 Å². The molecule has 25 heavy (non-hydrogen) atoms. The molecule has 2 rings (SSSR count). The molecule has 1 aliphatic heterocycles. The number of nitrogens with one attached hydrogen (secondary N) is 2. The molecular weight excluding hydrogens is 314 g/mol. The molecule has 1 unspecified atom stereocenters. The Hall–Kier alpha value is -1.56. The Kier molecular flexibility index (Phi) is 7.75. The van der Waals surface area contributed by atoms with Gasteiger partial charge in [0, 0.05) is 44.7 Å². The highest BCUT2D eigenvalue weighted by atomic mass is 16.5. The molecule has 1 aromatic rings. The molecule has 0 bridgehead atoms. The third-order valence-corrected chi connectivity index (χ3v) is 5.10. The van der Waals surface area contributed by atoms with Crippen molar-refractivity contribution in [2.45, 2.75) is 66.0 Å². The topological polar surface area (TPSA) is 65.7 Å². The van der Waals surface area contributed by atoms with E-state index in [1.54, 1.807) is 0 Å². The van der Waals surface area contributed by atoms with E-state index in [1.807, 2.05) is 7.05 Å². The number of hydrogen-bond acceptors (Lipinski definition) is 4. The summed E-state index contributed by atoms with van der Waals surface area (Å²) in [4.78, 5) is 6.94. The summed E-state index contributed by atoms with van der Waals surface area (Å²) in [7, 11) is 1.83. The first kappa shape index (κ1) is 19.8. The monoisotopic (exact) mass is 349 g/mol. The Morgan fingerprint density at radius 1 is 1.32 bits per heavy atom. The molecule has 0 saturated carbocycles. The van der Waals surface area contributed by atoms with Crippen LogP contribution < -0.4 is 10.6 Å². The Labute approximate surface area is 152 Å². The molecular formula is C19H35N5O. The van der Waals surface area contributed by atoms with Crippen molar-refractivity contribution in [3.05, 3.63) is 17.0 Å². The van der Waals surface area contributed by atoms with Gasteiger partial charge in [-0.3, -0.25) is 4.99 Å². The van der Waals surface area contributed by atoms with E-state index in [0.717, 1.165) is 36.8 Å². The number of guanidine groups is 1. The van der Waals surface area contributed by atoms with Gasteiger partial charge in [0.25, 0.3) is 0 Å². The molecule has 1 fully saturated rings. The highest BCUT2D eigenvalue weighted by molar-refractivity contribution is 5.79. The van der Waals surface area contributed by atoms with Crippen molar-refractivity contribution in [3.63, 3.8) is 0 Å². The van der Waals surface area contributed by atoms with E-state index in [4.69, 9.17) is 4.52 Å². The number of aryl methyl sites for hydroxylation is 2. The fraction of sp³-hybridized carbons (Fsp3) is 0.789. The summed E-state index contributed by atoms with van der Waals surface area (Å²) in [5.74, 6) is 2.51. The number of aliphatic imine (C=N–C) groups is 1. The standard InChI is InChI=1S/C19H35N5O/c1-6-17-16(18(7-2)25-23-17)12-22-19(20-5)21-11-15-9-8-10-24(13-15)14(3)4/h14-15H,6-13H2,1-5H3,(H2,20,21,22). The summed E-state index contributed by atoms with van der Waals surface area (Å²) in [6.45, 7) is 12.9. The lowest BCUT2D eigenvalue weighted by Crippen LogP contribution is -2.46. The molecule has 142 valence electrons. The first-order valence-corrected chi connectivity index (χ1v) is 9.73. The highest BCUT2D eigenvalue weighted by Gasteiger charge is 2.21. The summed E-state index contributed by atoms with van der Waals surface area (Å²) in [5.41, 5.74) is 2.22. The van der Waals surface area contributed by atoms with Crippen LogP contribution in [0.1, 0.15) is 57.6 Å². The van der Waals surface area contributed by atoms with Crippen LogP contribution in [-0.2, 0) is 19.4 Å². The van der Waals surface area contributed by atoms with Gasteiger partial charge < -0.3 is 20.1 Å². The van der Waals surface area contributed by atoms with Gasteiger partial charge in [0.1, 0.15) is 5.76 Å². The molecule has 1 atom stereocenters. The third-order valence-electron chi connectivity index (χ3n) is 5.10. The van der Waals surface area contributed by atoms with Gasteiger partial charge in [0.15, 0.2) is 5.96 Å². The van der Waals surface area contributed by atoms with Gasteiger partial charge in [-0.25, -0.2) is 0 Å². The van der Waals surface area contributed by atoms with E-state index in [-0.39, 0.29) is 0 Å². The lowest BCUT2D eigenvalue weighted by Gasteiger charge is -2.35. The lowest BCUT2D eigenvalue weighted by molar-refractivity contribution is 0.141. The smallest absolute Gasteiger partial charge is 0.191 e. The van der Waals surface area contributed by atoms with E-state index in [2.05, 4.69) is 53.4 Å². The van der Waals surface area contributed by atoms with E-state index in [0.29, 0.717) is 18.5 Å². The molecule has 2 N–H and O–H groups in total. The molecule has 0 spiro atoms. The number of piperidine rings is 1. The molecule has 6 nitrogen and oxygen atoms in total. The van der Waals surface area contributed by atoms with Crippen LogP contribution in [0.4, 0.5) is 0 Å². The maximum atomic E-state index is 5.44. The third kappa shape index (κ3) is 5.46. The molecule has 0 radical (unpaired) electrons. The van der Waals surface area contributed by atoms with Crippen molar-refractivity contribution in [3.8, 4) is 0 Å². The molecule has 2 heterocycles. The predicted octanol–water partition coefficient (Wildman–Crippen LogP) is 2.58. The first-order chi connectivity index (χ1) is 12.1. The molecule has 0 aromatic carbocycles. The SMILES string of the molecule is CCc1noc(CC)c1CNC(=NC)NCC1CCCN(C(C)C)C1. The van der Waals surface area contributed by atoms with E-state index >= 15 is 0 Å². The van der Waals surface area contributed by atoms with Crippen LogP contribution in [0, 0.1) is 5.92 Å². The second-order valence-electron chi connectivity index (χ2n) is 7.14. The number of likely N-dealkylation sites (tertiary alicyclic amines) is 1. The van der Waals surface area contributed by atoms with Crippen molar-refractivity contribution in [2.75, 3.05) is 26.7 Å². The molecule has 6 heteroatoms. The van der Waals surface area contributed by atoms with Crippen LogP contribution in [0.2, 0.25) is 0 Å². The maximum absolute atomic E-state index is 5.44. The number of rotatable bonds is 7. The van der Waals surface area contributed by atoms with E-state index in [1.165, 1.54) is 31.5 Å². The molecule has 1 aliphatic rings. The van der Waals surface area contributed by atoms with Crippen molar-refractivity contribution < 1.29 is 4.52 Å². The van der Waals surface area contributed by atoms with E-state index < -0.39 is 0 Å². The molecule has 0 amide bonds. The van der Waals surface area contributed by atoms with Gasteiger partial charge in [-0.15, -0.1) is 0 Å². The largest absolute Gasteiger partial charge is 0.361 e. The second-order valence-corrected chi connectivity index (χ2v) is 7.14. The van der Waals surface area contributed by atoms with Gasteiger partial charge in [-0.05, 0) is 45.6 Å². The maximum Gasteiger partial charge on any atom is 0.191 e. The van der Waals surface area contributed by atoms with Crippen LogP contribution >= 0.6 is 0 Å². The lowest BCUT2D eigenvalue weighted by atomic mass is 9.97. The van der Waals surface area contributed by atoms with Crippen LogP contribution in [0.5, 0.6) is 0 Å². The minimum Gasteiger partial charge on any atom is -0.361 e. The van der Waals surface area contributed by atoms with Crippen molar-refractivity contribution >= 4 is 5.96 Å². The zero-order valence-corrected chi connectivity index (χ0v) is 16.6. The zero-order chi connectivity index (χ0) is 18.2. The molecule has 1 saturated heterocycles. The van der Waals surface area contributed by atoms with Gasteiger partial charge in [-0.1, -0.05) is 19.0 Å². The summed E-state index contributed by atoms with van der Waals surface area (Å²) < 4.78 is 5.44. The fourth-order valence-corrected chi connectivity index (χ4v) is 3.50. The van der Waals surface area contributed by atoms with Crippen LogP contribution in [0.3, 0.4) is 0 Å². The average molecular weight is 350 g/mol. The summed E-state index contributed by atoms with van der Waals surface area (Å²) >= 11 is 0. The Morgan fingerprint density at radius 2 is 2.12 bits per heavy atom. The fourth-order valence-electron chi connectivity index (χ4n) is 3.50. The average Bonchev–Trinajstić information content (AvgIpc) is 3.04. The summed E-state index contributed by atoms with van der Waals surface area (Å²) in [5, 5.41) is 11.1. The predicted molar refractivity (Wildman–Crippen MR) is 103 cm³/mol. The normalized spacial score (nSPS) is 19.4. The van der Waals surface area contributed by atoms with Crippen LogP contribution in [0.15, 0.2) is 9.52 Å². The number of nitrogens with zero attached hydrogens (tertiary/aromatic N) is 3. The number of aromatic nitrogens is 1. The Bertz CT molecular complexity index is 531. The summed E-state index contributed by atoms with van der Waals surface area (Å²) in [6, 6.07) is 0.633. The van der Waals surface area contributed by atoms with E-state index in [9.17, 15) is 0 Å². The molecule has 1 aromatic heterocycles. The quantitative estimate of drug-likeness (QED) is 0.585. The summed E-state index contributed by atoms with van der Waals surface area (Å²) in [6.07, 6.45) is 4.33. The van der Waals surface area contributed by atoms with Gasteiger partial charge in [0.05, 0.1) is 5.69 Å². The Morgan fingerprint density at radius 3 is 2.76 bits per heavy atom. The molecule has 0 aliphatic carbocycles. The minimum absolute atomic E-state index is 0.633. The van der Waals surface area contributed by atoms with Gasteiger partial charge >= 0.3 is 0 Å². The van der Waals surface area contributed by atoms with Crippen LogP contribution in [-0.4, -0.2) is 48.7 Å². The highest BCUT2D eigenvalue weighted by Crippen LogP contribution is 2.18. The zero-order valence-electron chi connectivity index (χ0n) is 16.6. The second kappa shape index (κ2) is 9.80. The minimum atomic E-state index is 0.633. The Balaban J connectivity index is 1.84. The number of hydrogen-bond donors (Lipinski definition) is 2. The van der Waals surface area contributed by atoms with Gasteiger partial charge in [0.2, 0.25) is 0 Å². The van der Waals surface area contributed by atoms with Crippen molar-refractivity contribution in [1.29, 1.82) is 0 Å². The first-order valence-electron chi connectivity index (χ1n) is 9.73. The van der Waals surface area contributed by atoms with Crippen LogP contribution in [0.25, 0.3) is 0 Å². The van der Waals surface area contributed by atoms with Crippen molar-refractivity contribution in [1.82, 2.24) is 20.7 Å².